The van der Waals surface area contributed by atoms with Crippen LogP contribution >= 0.6 is 11.8 Å². The van der Waals surface area contributed by atoms with Crippen molar-refractivity contribution in [3.05, 3.63) is 71.8 Å². The van der Waals surface area contributed by atoms with E-state index in [1.54, 1.807) is 23.9 Å². The average molecular weight is 355 g/mol. The van der Waals surface area contributed by atoms with Crippen LogP contribution in [0.3, 0.4) is 0 Å². The van der Waals surface area contributed by atoms with Crippen molar-refractivity contribution in [1.29, 1.82) is 0 Å². The summed E-state index contributed by atoms with van der Waals surface area (Å²) in [5.74, 6) is 1.90. The van der Waals surface area contributed by atoms with E-state index >= 15 is 0 Å². The lowest BCUT2D eigenvalue weighted by molar-refractivity contribution is 0.357. The number of benzene rings is 2. The fraction of sp³-hybridized carbons (Fsp3) is 0.273. The van der Waals surface area contributed by atoms with Crippen LogP contribution in [0, 0.1) is 27.7 Å². The van der Waals surface area contributed by atoms with Gasteiger partial charge in [0.1, 0.15) is 24.7 Å². The fourth-order valence-corrected chi connectivity index (χ4v) is 4.03. The minimum absolute atomic E-state index is 0.527. The third-order valence-electron chi connectivity index (χ3n) is 3.79. The molecule has 0 amide bonds. The zero-order chi connectivity index (χ0) is 18.4. The van der Waals surface area contributed by atoms with Gasteiger partial charge in [0.2, 0.25) is 0 Å². The van der Waals surface area contributed by atoms with E-state index in [1.807, 2.05) is 0 Å². The summed E-state index contributed by atoms with van der Waals surface area (Å²) in [5.41, 5.74) is 4.57. The summed E-state index contributed by atoms with van der Waals surface area (Å²) >= 11 is 1.76. The van der Waals surface area contributed by atoms with Gasteiger partial charge in [0.25, 0.3) is 0 Å². The highest BCUT2D eigenvalue weighted by Crippen LogP contribution is 2.36. The van der Waals surface area contributed by atoms with Gasteiger partial charge in [0.15, 0.2) is 0 Å². The Hall–Kier alpha value is -2.13. The van der Waals surface area contributed by atoms with Gasteiger partial charge < -0.3 is 9.47 Å². The van der Waals surface area contributed by atoms with Crippen LogP contribution in [0.1, 0.15) is 22.3 Å². The molecule has 0 aliphatic heterocycles. The molecule has 3 heteroatoms. The van der Waals surface area contributed by atoms with E-state index in [4.69, 9.17) is 9.47 Å². The Bertz CT molecular complexity index is 666. The Kier molecular flexibility index (Phi) is 6.77. The van der Waals surface area contributed by atoms with E-state index in [1.165, 1.54) is 9.79 Å². The molecule has 0 aliphatic carbocycles. The number of hydrogen-bond acceptors (Lipinski definition) is 3. The lowest BCUT2D eigenvalue weighted by Gasteiger charge is -2.15. The minimum Gasteiger partial charge on any atom is -0.489 e. The summed E-state index contributed by atoms with van der Waals surface area (Å²) in [7, 11) is 0. The van der Waals surface area contributed by atoms with Crippen molar-refractivity contribution in [1.82, 2.24) is 0 Å². The first-order chi connectivity index (χ1) is 12.0. The maximum absolute atomic E-state index is 5.76. The molecule has 2 aromatic rings. The highest BCUT2D eigenvalue weighted by molar-refractivity contribution is 7.99. The molecule has 0 unspecified atom stereocenters. The standard InChI is InChI=1S/C22H26O2S/c1-7-9-23-21-15(3)11-19(12-16(21)4)25-20-13-17(5)22(18(6)14-20)24-10-8-2/h7-8,11-14H,1-2,9-10H2,3-6H3. The largest absolute Gasteiger partial charge is 0.489 e. The second-order valence-corrected chi connectivity index (χ2v) is 7.22. The normalized spacial score (nSPS) is 10.4. The molecule has 0 saturated carbocycles. The van der Waals surface area contributed by atoms with E-state index < -0.39 is 0 Å². The quantitative estimate of drug-likeness (QED) is 0.526. The van der Waals surface area contributed by atoms with Crippen molar-refractivity contribution in [2.75, 3.05) is 13.2 Å². The van der Waals surface area contributed by atoms with Gasteiger partial charge in [0, 0.05) is 9.79 Å². The lowest BCUT2D eigenvalue weighted by Crippen LogP contribution is -1.98. The summed E-state index contributed by atoms with van der Waals surface area (Å²) in [6.07, 6.45) is 3.53. The summed E-state index contributed by atoms with van der Waals surface area (Å²) < 4.78 is 11.5. The maximum Gasteiger partial charge on any atom is 0.125 e. The van der Waals surface area contributed by atoms with Crippen LogP contribution in [0.2, 0.25) is 0 Å². The van der Waals surface area contributed by atoms with E-state index in [-0.39, 0.29) is 0 Å². The number of aryl methyl sites for hydroxylation is 4. The van der Waals surface area contributed by atoms with Crippen LogP contribution in [0.5, 0.6) is 11.5 Å². The smallest absolute Gasteiger partial charge is 0.125 e. The van der Waals surface area contributed by atoms with Crippen molar-refractivity contribution in [2.24, 2.45) is 0 Å². The summed E-state index contributed by atoms with van der Waals surface area (Å²) in [6, 6.07) is 8.68. The van der Waals surface area contributed by atoms with Crippen molar-refractivity contribution < 1.29 is 9.47 Å². The zero-order valence-corrected chi connectivity index (χ0v) is 16.3. The van der Waals surface area contributed by atoms with Gasteiger partial charge >= 0.3 is 0 Å². The number of rotatable bonds is 8. The van der Waals surface area contributed by atoms with Gasteiger partial charge in [-0.25, -0.2) is 0 Å². The molecule has 0 atom stereocenters. The first kappa shape index (κ1) is 19.2. The lowest BCUT2D eigenvalue weighted by atomic mass is 10.1. The van der Waals surface area contributed by atoms with Crippen molar-refractivity contribution in [3.63, 3.8) is 0 Å². The van der Waals surface area contributed by atoms with Crippen LogP contribution in [0.15, 0.2) is 59.4 Å². The predicted octanol–water partition coefficient (Wildman–Crippen LogP) is 6.20. The first-order valence-electron chi connectivity index (χ1n) is 8.34. The fourth-order valence-electron chi connectivity index (χ4n) is 2.81. The molecule has 0 bridgehead atoms. The third-order valence-corrected chi connectivity index (χ3v) is 4.74. The van der Waals surface area contributed by atoms with E-state index in [9.17, 15) is 0 Å². The minimum atomic E-state index is 0.527. The topological polar surface area (TPSA) is 18.5 Å². The van der Waals surface area contributed by atoms with Crippen LogP contribution in [0.25, 0.3) is 0 Å². The molecule has 2 nitrogen and oxygen atoms in total. The molecular weight excluding hydrogens is 328 g/mol. The second kappa shape index (κ2) is 8.82. The van der Waals surface area contributed by atoms with Crippen molar-refractivity contribution >= 4 is 11.8 Å². The second-order valence-electron chi connectivity index (χ2n) is 6.07. The molecule has 0 N–H and O–H groups in total. The first-order valence-corrected chi connectivity index (χ1v) is 9.15. The Labute approximate surface area is 155 Å². The Morgan fingerprint density at radius 1 is 0.720 bits per heavy atom. The van der Waals surface area contributed by atoms with Gasteiger partial charge in [-0.1, -0.05) is 37.1 Å². The molecule has 0 aliphatic rings. The summed E-state index contributed by atoms with van der Waals surface area (Å²) in [4.78, 5) is 2.42. The average Bonchev–Trinajstić information content (AvgIpc) is 2.53. The van der Waals surface area contributed by atoms with E-state index in [2.05, 4.69) is 65.1 Å². The van der Waals surface area contributed by atoms with Crippen LogP contribution in [-0.4, -0.2) is 13.2 Å². The van der Waals surface area contributed by atoms with Crippen molar-refractivity contribution in [2.45, 2.75) is 37.5 Å². The molecule has 0 aromatic heterocycles. The molecular formula is C22H26O2S. The van der Waals surface area contributed by atoms with E-state index in [0.717, 1.165) is 33.8 Å². The van der Waals surface area contributed by atoms with Crippen molar-refractivity contribution in [3.8, 4) is 11.5 Å². The van der Waals surface area contributed by atoms with Gasteiger partial charge in [-0.3, -0.25) is 0 Å². The SMILES string of the molecule is C=CCOc1c(C)cc(Sc2cc(C)c(OCC=C)c(C)c2)cc1C. The molecule has 25 heavy (non-hydrogen) atoms. The monoisotopic (exact) mass is 354 g/mol. The highest BCUT2D eigenvalue weighted by atomic mass is 32.2. The van der Waals surface area contributed by atoms with Gasteiger partial charge in [0.05, 0.1) is 0 Å². The molecule has 132 valence electrons. The predicted molar refractivity (Wildman–Crippen MR) is 107 cm³/mol. The van der Waals surface area contributed by atoms with E-state index in [0.29, 0.717) is 13.2 Å². The molecule has 2 aromatic carbocycles. The molecule has 0 spiro atoms. The maximum atomic E-state index is 5.76. The third kappa shape index (κ3) is 4.93. The number of hydrogen-bond donors (Lipinski definition) is 0. The molecule has 0 radical (unpaired) electrons. The molecule has 0 fully saturated rings. The Morgan fingerprint density at radius 3 is 1.32 bits per heavy atom. The summed E-state index contributed by atoms with van der Waals surface area (Å²) in [6.45, 7) is 16.8. The van der Waals surface area contributed by atoms with Gasteiger partial charge in [-0.15, -0.1) is 0 Å². The molecule has 0 heterocycles. The van der Waals surface area contributed by atoms with Crippen LogP contribution in [0.4, 0.5) is 0 Å². The number of ether oxygens (including phenoxy) is 2. The van der Waals surface area contributed by atoms with Gasteiger partial charge in [-0.2, -0.15) is 0 Å². The molecule has 2 rings (SSSR count). The zero-order valence-electron chi connectivity index (χ0n) is 15.5. The Morgan fingerprint density at radius 2 is 1.04 bits per heavy atom. The highest BCUT2D eigenvalue weighted by Gasteiger charge is 2.10. The van der Waals surface area contributed by atoms with Crippen LogP contribution < -0.4 is 9.47 Å². The van der Waals surface area contributed by atoms with Crippen LogP contribution in [-0.2, 0) is 0 Å². The summed E-state index contributed by atoms with van der Waals surface area (Å²) in [5, 5.41) is 0. The van der Waals surface area contributed by atoms with Gasteiger partial charge in [-0.05, 0) is 74.2 Å². The Balaban J connectivity index is 2.25. The molecule has 0 saturated heterocycles.